The molecule has 0 aromatic heterocycles. The van der Waals surface area contributed by atoms with Crippen LogP contribution in [0.15, 0.2) is 35.3 Å². The van der Waals surface area contributed by atoms with Crippen molar-refractivity contribution in [1.82, 2.24) is 10.6 Å². The highest BCUT2D eigenvalue weighted by Crippen LogP contribution is 2.11. The summed E-state index contributed by atoms with van der Waals surface area (Å²) in [6.07, 6.45) is 2.24. The highest BCUT2D eigenvalue weighted by atomic mass is 16.5. The maximum atomic E-state index is 5.39. The fraction of sp³-hybridized carbons (Fsp3) is 0.611. The lowest BCUT2D eigenvalue weighted by Gasteiger charge is -2.24. The number of para-hydroxylation sites is 1. The van der Waals surface area contributed by atoms with Crippen LogP contribution in [0, 0.1) is 0 Å². The van der Waals surface area contributed by atoms with Crippen molar-refractivity contribution in [3.05, 3.63) is 30.3 Å². The third-order valence-electron chi connectivity index (χ3n) is 3.87. The van der Waals surface area contributed by atoms with Crippen LogP contribution in [-0.4, -0.2) is 52.4 Å². The van der Waals surface area contributed by atoms with Crippen LogP contribution >= 0.6 is 0 Å². The van der Waals surface area contributed by atoms with E-state index in [0.717, 1.165) is 38.4 Å². The normalized spacial score (nSPS) is 12.1. The van der Waals surface area contributed by atoms with E-state index in [1.807, 2.05) is 19.9 Å². The number of rotatable bonds is 9. The van der Waals surface area contributed by atoms with Gasteiger partial charge in [0, 0.05) is 46.5 Å². The standard InChI is InChI=1S/C18H32N4O/c1-18(2,23-5)15-21-17(19-3)20-13-9-10-14-22(4)16-11-7-6-8-12-16/h6-8,11-12H,9-10,13-15H2,1-5H3,(H2,19,20,21). The first-order valence-corrected chi connectivity index (χ1v) is 8.24. The average Bonchev–Trinajstić information content (AvgIpc) is 2.57. The first-order chi connectivity index (χ1) is 11.0. The van der Waals surface area contributed by atoms with Crippen LogP contribution in [0.5, 0.6) is 0 Å². The number of aliphatic imine (C=N–C) groups is 1. The Morgan fingerprint density at radius 2 is 1.87 bits per heavy atom. The molecule has 1 rings (SSSR count). The molecule has 5 heteroatoms. The Balaban J connectivity index is 2.18. The van der Waals surface area contributed by atoms with Gasteiger partial charge in [-0.1, -0.05) is 18.2 Å². The topological polar surface area (TPSA) is 48.9 Å². The zero-order valence-electron chi connectivity index (χ0n) is 15.2. The van der Waals surface area contributed by atoms with E-state index in [9.17, 15) is 0 Å². The molecular weight excluding hydrogens is 288 g/mol. The van der Waals surface area contributed by atoms with Crippen molar-refractivity contribution < 1.29 is 4.74 Å². The van der Waals surface area contributed by atoms with Crippen LogP contribution in [-0.2, 0) is 4.74 Å². The summed E-state index contributed by atoms with van der Waals surface area (Å²) in [5, 5.41) is 6.63. The average molecular weight is 320 g/mol. The van der Waals surface area contributed by atoms with Crippen LogP contribution in [0.2, 0.25) is 0 Å². The van der Waals surface area contributed by atoms with E-state index in [1.54, 1.807) is 14.2 Å². The van der Waals surface area contributed by atoms with E-state index >= 15 is 0 Å². The number of nitrogens with one attached hydrogen (secondary N) is 2. The molecule has 23 heavy (non-hydrogen) atoms. The summed E-state index contributed by atoms with van der Waals surface area (Å²) in [4.78, 5) is 6.52. The number of methoxy groups -OCH3 is 1. The minimum absolute atomic E-state index is 0.198. The quantitative estimate of drug-likeness (QED) is 0.417. The van der Waals surface area contributed by atoms with E-state index < -0.39 is 0 Å². The molecule has 0 aliphatic carbocycles. The van der Waals surface area contributed by atoms with Crippen LogP contribution in [0.3, 0.4) is 0 Å². The zero-order valence-corrected chi connectivity index (χ0v) is 15.2. The molecule has 0 bridgehead atoms. The molecule has 0 aliphatic heterocycles. The van der Waals surface area contributed by atoms with Crippen LogP contribution in [0.25, 0.3) is 0 Å². The monoisotopic (exact) mass is 320 g/mol. The highest BCUT2D eigenvalue weighted by Gasteiger charge is 2.16. The molecule has 0 atom stereocenters. The fourth-order valence-corrected chi connectivity index (χ4v) is 2.08. The van der Waals surface area contributed by atoms with Gasteiger partial charge in [-0.25, -0.2) is 0 Å². The molecule has 0 fully saturated rings. The van der Waals surface area contributed by atoms with E-state index in [-0.39, 0.29) is 5.60 Å². The third kappa shape index (κ3) is 7.88. The number of hydrogen-bond donors (Lipinski definition) is 2. The zero-order chi connectivity index (χ0) is 17.1. The van der Waals surface area contributed by atoms with Crippen molar-refractivity contribution in [3.8, 4) is 0 Å². The largest absolute Gasteiger partial charge is 0.377 e. The Bertz CT molecular complexity index is 459. The van der Waals surface area contributed by atoms with Gasteiger partial charge in [0.25, 0.3) is 0 Å². The minimum atomic E-state index is -0.198. The first kappa shape index (κ1) is 19.3. The van der Waals surface area contributed by atoms with Crippen molar-refractivity contribution in [2.24, 2.45) is 4.99 Å². The van der Waals surface area contributed by atoms with Crippen LogP contribution in [0.4, 0.5) is 5.69 Å². The Morgan fingerprint density at radius 3 is 2.48 bits per heavy atom. The number of guanidine groups is 1. The van der Waals surface area contributed by atoms with Gasteiger partial charge in [0.05, 0.1) is 5.60 Å². The molecule has 0 saturated carbocycles. The van der Waals surface area contributed by atoms with Gasteiger partial charge in [0.15, 0.2) is 5.96 Å². The Kier molecular flexibility index (Phi) is 8.48. The fourth-order valence-electron chi connectivity index (χ4n) is 2.08. The number of unbranched alkanes of at least 4 members (excludes halogenated alkanes) is 1. The third-order valence-corrected chi connectivity index (χ3v) is 3.87. The lowest BCUT2D eigenvalue weighted by atomic mass is 10.1. The number of anilines is 1. The lowest BCUT2D eigenvalue weighted by Crippen LogP contribution is -2.45. The summed E-state index contributed by atoms with van der Waals surface area (Å²) < 4.78 is 5.39. The van der Waals surface area contributed by atoms with Crippen molar-refractivity contribution >= 4 is 11.6 Å². The van der Waals surface area contributed by atoms with Gasteiger partial charge in [0.1, 0.15) is 0 Å². The van der Waals surface area contributed by atoms with Crippen molar-refractivity contribution in [2.45, 2.75) is 32.3 Å². The Morgan fingerprint density at radius 1 is 1.17 bits per heavy atom. The molecule has 0 unspecified atom stereocenters. The molecule has 5 nitrogen and oxygen atoms in total. The summed E-state index contributed by atoms with van der Waals surface area (Å²) in [5.74, 6) is 0.825. The lowest BCUT2D eigenvalue weighted by molar-refractivity contribution is 0.0268. The summed E-state index contributed by atoms with van der Waals surface area (Å²) in [7, 11) is 5.65. The molecular formula is C18H32N4O. The van der Waals surface area contributed by atoms with Crippen molar-refractivity contribution in [1.29, 1.82) is 0 Å². The van der Waals surface area contributed by atoms with Gasteiger partial charge >= 0.3 is 0 Å². The predicted molar refractivity (Wildman–Crippen MR) is 99.4 cm³/mol. The van der Waals surface area contributed by atoms with E-state index in [0.29, 0.717) is 0 Å². The van der Waals surface area contributed by atoms with Crippen molar-refractivity contribution in [2.75, 3.05) is 45.7 Å². The summed E-state index contributed by atoms with van der Waals surface area (Å²) in [6, 6.07) is 10.5. The molecule has 0 heterocycles. The second-order valence-corrected chi connectivity index (χ2v) is 6.28. The molecule has 2 N–H and O–H groups in total. The smallest absolute Gasteiger partial charge is 0.191 e. The number of nitrogens with zero attached hydrogens (tertiary/aromatic N) is 2. The Labute approximate surface area is 141 Å². The van der Waals surface area contributed by atoms with Crippen LogP contribution < -0.4 is 15.5 Å². The maximum Gasteiger partial charge on any atom is 0.191 e. The molecule has 130 valence electrons. The van der Waals surface area contributed by atoms with E-state index in [4.69, 9.17) is 4.74 Å². The molecule has 0 amide bonds. The first-order valence-electron chi connectivity index (χ1n) is 8.24. The van der Waals surface area contributed by atoms with Gasteiger partial charge in [-0.15, -0.1) is 0 Å². The second-order valence-electron chi connectivity index (χ2n) is 6.28. The molecule has 0 saturated heterocycles. The minimum Gasteiger partial charge on any atom is -0.377 e. The van der Waals surface area contributed by atoms with Gasteiger partial charge in [-0.2, -0.15) is 0 Å². The van der Waals surface area contributed by atoms with Crippen LogP contribution in [0.1, 0.15) is 26.7 Å². The number of benzene rings is 1. The van der Waals surface area contributed by atoms with E-state index in [2.05, 4.69) is 51.8 Å². The Hall–Kier alpha value is -1.75. The van der Waals surface area contributed by atoms with Gasteiger partial charge in [-0.05, 0) is 38.8 Å². The maximum absolute atomic E-state index is 5.39. The molecule has 1 aromatic rings. The van der Waals surface area contributed by atoms with Gasteiger partial charge in [-0.3, -0.25) is 4.99 Å². The van der Waals surface area contributed by atoms with Gasteiger partial charge < -0.3 is 20.3 Å². The van der Waals surface area contributed by atoms with Crippen molar-refractivity contribution in [3.63, 3.8) is 0 Å². The summed E-state index contributed by atoms with van der Waals surface area (Å²) >= 11 is 0. The van der Waals surface area contributed by atoms with E-state index in [1.165, 1.54) is 5.69 Å². The molecule has 0 aliphatic rings. The molecule has 0 spiro atoms. The SMILES string of the molecule is CN=C(NCCCCN(C)c1ccccc1)NCC(C)(C)OC. The summed E-state index contributed by atoms with van der Waals surface area (Å²) in [5.41, 5.74) is 1.07. The predicted octanol–water partition coefficient (Wildman–Crippen LogP) is 2.49. The summed E-state index contributed by atoms with van der Waals surface area (Å²) in [6.45, 7) is 6.78. The number of hydrogen-bond acceptors (Lipinski definition) is 3. The van der Waals surface area contributed by atoms with Gasteiger partial charge in [0.2, 0.25) is 0 Å². The molecule has 1 aromatic carbocycles. The second kappa shape index (κ2) is 10.1. The highest BCUT2D eigenvalue weighted by molar-refractivity contribution is 5.79. The molecule has 0 radical (unpaired) electrons. The number of ether oxygens (including phenoxy) is 1.